The van der Waals surface area contributed by atoms with E-state index in [1.165, 1.54) is 0 Å². The third-order valence-electron chi connectivity index (χ3n) is 6.04. The van der Waals surface area contributed by atoms with Gasteiger partial charge in [-0.15, -0.1) is 11.3 Å². The summed E-state index contributed by atoms with van der Waals surface area (Å²) in [6.07, 6.45) is 2.23. The smallest absolute Gasteiger partial charge is 0.188 e. The van der Waals surface area contributed by atoms with Gasteiger partial charge in [-0.3, -0.25) is 0 Å². The predicted octanol–water partition coefficient (Wildman–Crippen LogP) is 6.83. The van der Waals surface area contributed by atoms with Gasteiger partial charge in [0.15, 0.2) is 5.90 Å². The van der Waals surface area contributed by atoms with Gasteiger partial charge in [-0.2, -0.15) is 0 Å². The molecule has 3 aromatic carbocycles. The van der Waals surface area contributed by atoms with Gasteiger partial charge in [-0.05, 0) is 74.4 Å². The predicted molar refractivity (Wildman–Crippen MR) is 145 cm³/mol. The third kappa shape index (κ3) is 4.59. The fourth-order valence-electron chi connectivity index (χ4n) is 4.24. The molecule has 0 aliphatic carbocycles. The van der Waals surface area contributed by atoms with Crippen molar-refractivity contribution in [2.75, 3.05) is 11.9 Å². The highest BCUT2D eigenvalue weighted by molar-refractivity contribution is 7.16. The van der Waals surface area contributed by atoms with E-state index in [0.717, 1.165) is 61.1 Å². The van der Waals surface area contributed by atoms with Crippen molar-refractivity contribution < 1.29 is 9.47 Å². The summed E-state index contributed by atoms with van der Waals surface area (Å²) in [4.78, 5) is 18.0. The number of nitrogens with one attached hydrogen (secondary N) is 1. The van der Waals surface area contributed by atoms with Crippen LogP contribution in [0.2, 0.25) is 0 Å². The molecule has 7 nitrogen and oxygen atoms in total. The van der Waals surface area contributed by atoms with Gasteiger partial charge in [-0.25, -0.2) is 19.9 Å². The van der Waals surface area contributed by atoms with Crippen LogP contribution in [0.4, 0.5) is 11.5 Å². The number of aryl methyl sites for hydroxylation is 1. The molecular formula is C28H25N5O2S. The summed E-state index contributed by atoms with van der Waals surface area (Å²) >= 11 is 1.60. The second-order valence-electron chi connectivity index (χ2n) is 9.55. The molecule has 36 heavy (non-hydrogen) atoms. The normalized spacial score (nSPS) is 14.6. The summed E-state index contributed by atoms with van der Waals surface area (Å²) in [7, 11) is 0. The Bertz CT molecular complexity index is 1630. The molecule has 0 atom stereocenters. The number of aliphatic imine (C=N–C) groups is 1. The van der Waals surface area contributed by atoms with E-state index in [0.29, 0.717) is 13.0 Å². The minimum absolute atomic E-state index is 0.163. The largest absolute Gasteiger partial charge is 0.478 e. The Morgan fingerprint density at radius 1 is 1.00 bits per heavy atom. The highest BCUT2D eigenvalue weighted by Gasteiger charge is 2.26. The maximum atomic E-state index is 6.16. The summed E-state index contributed by atoms with van der Waals surface area (Å²) in [5, 5.41) is 4.41. The van der Waals surface area contributed by atoms with Gasteiger partial charge in [0.25, 0.3) is 0 Å². The molecule has 1 N–H and O–H groups in total. The van der Waals surface area contributed by atoms with Gasteiger partial charge >= 0.3 is 0 Å². The number of fused-ring (bicyclic) bond motifs is 2. The summed E-state index contributed by atoms with van der Waals surface area (Å²) in [6.45, 7) is 6.80. The van der Waals surface area contributed by atoms with Gasteiger partial charge in [0.05, 0.1) is 26.8 Å². The highest BCUT2D eigenvalue weighted by Crippen LogP contribution is 2.32. The molecule has 180 valence electrons. The zero-order valence-electron chi connectivity index (χ0n) is 20.3. The van der Waals surface area contributed by atoms with E-state index in [-0.39, 0.29) is 5.54 Å². The Labute approximate surface area is 212 Å². The van der Waals surface area contributed by atoms with Crippen molar-refractivity contribution in [1.82, 2.24) is 15.0 Å². The van der Waals surface area contributed by atoms with E-state index < -0.39 is 0 Å². The standard InChI is InChI=1S/C28H25N5O2S/c1-17-10-19(5-9-24(17)35-20-6-8-23-25(13-20)36-16-31-23)32-27-21-11-18(4-7-22(21)29-15-30-27)12-26-33-28(2,3)14-34-26/h4-11,13,15-16H,12,14H2,1-3H3,(H,29,30,32). The van der Waals surface area contributed by atoms with Crippen molar-refractivity contribution in [3.8, 4) is 11.5 Å². The van der Waals surface area contributed by atoms with Crippen molar-refractivity contribution in [3.63, 3.8) is 0 Å². The molecule has 0 fully saturated rings. The van der Waals surface area contributed by atoms with Gasteiger partial charge in [0, 0.05) is 23.6 Å². The van der Waals surface area contributed by atoms with Crippen molar-refractivity contribution >= 4 is 49.9 Å². The van der Waals surface area contributed by atoms with Gasteiger partial charge < -0.3 is 14.8 Å². The van der Waals surface area contributed by atoms with Crippen LogP contribution in [0.1, 0.15) is 25.0 Å². The van der Waals surface area contributed by atoms with Gasteiger partial charge in [-0.1, -0.05) is 6.07 Å². The third-order valence-corrected chi connectivity index (χ3v) is 6.83. The maximum Gasteiger partial charge on any atom is 0.188 e. The first-order valence-corrected chi connectivity index (χ1v) is 12.6. The average Bonchev–Trinajstić information content (AvgIpc) is 3.46. The van der Waals surface area contributed by atoms with E-state index >= 15 is 0 Å². The fourth-order valence-corrected chi connectivity index (χ4v) is 4.95. The second kappa shape index (κ2) is 8.87. The molecule has 0 saturated carbocycles. The lowest BCUT2D eigenvalue weighted by Gasteiger charge is -2.13. The first kappa shape index (κ1) is 22.4. The minimum Gasteiger partial charge on any atom is -0.478 e. The van der Waals surface area contributed by atoms with Crippen LogP contribution in [-0.4, -0.2) is 33.0 Å². The first-order valence-electron chi connectivity index (χ1n) is 11.8. The van der Waals surface area contributed by atoms with Crippen molar-refractivity contribution in [1.29, 1.82) is 0 Å². The number of anilines is 2. The molecule has 6 rings (SSSR count). The van der Waals surface area contributed by atoms with Crippen LogP contribution >= 0.6 is 11.3 Å². The lowest BCUT2D eigenvalue weighted by atomic mass is 10.1. The quantitative estimate of drug-likeness (QED) is 0.278. The van der Waals surface area contributed by atoms with Crippen LogP contribution in [0, 0.1) is 6.92 Å². The van der Waals surface area contributed by atoms with E-state index in [2.05, 4.69) is 57.3 Å². The lowest BCUT2D eigenvalue weighted by molar-refractivity contribution is 0.275. The monoisotopic (exact) mass is 495 g/mol. The second-order valence-corrected chi connectivity index (χ2v) is 10.4. The number of hydrogen-bond donors (Lipinski definition) is 1. The number of benzene rings is 3. The zero-order valence-corrected chi connectivity index (χ0v) is 21.1. The van der Waals surface area contributed by atoms with Crippen LogP contribution in [0.5, 0.6) is 11.5 Å². The highest BCUT2D eigenvalue weighted by atomic mass is 32.1. The molecule has 0 radical (unpaired) electrons. The van der Waals surface area contributed by atoms with Crippen LogP contribution in [-0.2, 0) is 11.2 Å². The summed E-state index contributed by atoms with van der Waals surface area (Å²) < 4.78 is 13.0. The average molecular weight is 496 g/mol. The Balaban J connectivity index is 1.23. The number of nitrogens with zero attached hydrogens (tertiary/aromatic N) is 4. The molecule has 5 aromatic rings. The van der Waals surface area contributed by atoms with Crippen LogP contribution in [0.3, 0.4) is 0 Å². The van der Waals surface area contributed by atoms with Crippen LogP contribution in [0.25, 0.3) is 21.1 Å². The maximum absolute atomic E-state index is 6.16. The molecule has 3 heterocycles. The summed E-state index contributed by atoms with van der Waals surface area (Å²) in [5.41, 5.74) is 6.59. The van der Waals surface area contributed by atoms with E-state index in [1.54, 1.807) is 17.7 Å². The van der Waals surface area contributed by atoms with E-state index in [4.69, 9.17) is 9.47 Å². The number of thiazole rings is 1. The lowest BCUT2D eigenvalue weighted by Crippen LogP contribution is -2.17. The number of aromatic nitrogens is 3. The molecule has 0 bridgehead atoms. The fraction of sp³-hybridized carbons (Fsp3) is 0.214. The topological polar surface area (TPSA) is 81.5 Å². The molecule has 0 amide bonds. The molecule has 2 aromatic heterocycles. The molecule has 8 heteroatoms. The van der Waals surface area contributed by atoms with E-state index in [1.807, 2.05) is 48.8 Å². The van der Waals surface area contributed by atoms with Crippen LogP contribution < -0.4 is 10.1 Å². The zero-order chi connectivity index (χ0) is 24.7. The van der Waals surface area contributed by atoms with E-state index in [9.17, 15) is 0 Å². The molecule has 0 unspecified atom stereocenters. The van der Waals surface area contributed by atoms with Gasteiger partial charge in [0.1, 0.15) is 30.3 Å². The molecular weight excluding hydrogens is 470 g/mol. The van der Waals surface area contributed by atoms with Crippen molar-refractivity contribution in [3.05, 3.63) is 77.6 Å². The Morgan fingerprint density at radius 2 is 1.89 bits per heavy atom. The summed E-state index contributed by atoms with van der Waals surface area (Å²) in [5.74, 6) is 3.12. The minimum atomic E-state index is -0.163. The summed E-state index contributed by atoms with van der Waals surface area (Å²) in [6, 6.07) is 18.2. The molecule has 1 aliphatic rings. The number of hydrogen-bond acceptors (Lipinski definition) is 8. The molecule has 1 aliphatic heterocycles. The van der Waals surface area contributed by atoms with Crippen molar-refractivity contribution in [2.45, 2.75) is 32.7 Å². The Hall–Kier alpha value is -4.04. The number of ether oxygens (including phenoxy) is 2. The van der Waals surface area contributed by atoms with Crippen LogP contribution in [0.15, 0.2) is 71.4 Å². The molecule has 0 spiro atoms. The molecule has 0 saturated heterocycles. The SMILES string of the molecule is Cc1cc(Nc2ncnc3ccc(CC4=NC(C)(C)CO4)cc23)ccc1Oc1ccc2ncsc2c1. The first-order chi connectivity index (χ1) is 17.4. The Morgan fingerprint density at radius 3 is 2.72 bits per heavy atom. The van der Waals surface area contributed by atoms with Gasteiger partial charge in [0.2, 0.25) is 0 Å². The number of rotatable bonds is 6. The van der Waals surface area contributed by atoms with Crippen molar-refractivity contribution in [2.24, 2.45) is 4.99 Å². The Kier molecular flexibility index (Phi) is 5.53.